The van der Waals surface area contributed by atoms with Crippen LogP contribution in [0, 0.1) is 0 Å². The maximum atomic E-state index is 12.5. The summed E-state index contributed by atoms with van der Waals surface area (Å²) in [4.78, 5) is 27.1. The van der Waals surface area contributed by atoms with Gasteiger partial charge in [-0.3, -0.25) is 14.5 Å². The van der Waals surface area contributed by atoms with E-state index in [-0.39, 0.29) is 12.3 Å². The Labute approximate surface area is 156 Å². The van der Waals surface area contributed by atoms with Crippen molar-refractivity contribution >= 4 is 51.9 Å². The number of benzene rings is 1. The van der Waals surface area contributed by atoms with E-state index in [9.17, 15) is 9.59 Å². The van der Waals surface area contributed by atoms with Crippen LogP contribution in [0.5, 0.6) is 5.75 Å². The van der Waals surface area contributed by atoms with Crippen LogP contribution in [0.15, 0.2) is 23.1 Å². The topological polar surface area (TPSA) is 70.1 Å². The van der Waals surface area contributed by atoms with Gasteiger partial charge in [0.2, 0.25) is 0 Å². The lowest BCUT2D eigenvalue weighted by Crippen LogP contribution is -2.29. The first kappa shape index (κ1) is 19.3. The summed E-state index contributed by atoms with van der Waals surface area (Å²) in [5.41, 5.74) is 1.79. The molecule has 0 spiro atoms. The minimum Gasteiger partial charge on any atom is -0.496 e. The number of anilines is 1. The van der Waals surface area contributed by atoms with Gasteiger partial charge in [-0.2, -0.15) is 0 Å². The van der Waals surface area contributed by atoms with Crippen LogP contribution in [-0.2, 0) is 9.59 Å². The van der Waals surface area contributed by atoms with E-state index in [0.717, 1.165) is 11.3 Å². The van der Waals surface area contributed by atoms with Gasteiger partial charge in [0.05, 0.1) is 12.0 Å². The van der Waals surface area contributed by atoms with Crippen molar-refractivity contribution in [1.82, 2.24) is 4.90 Å². The van der Waals surface area contributed by atoms with E-state index in [1.165, 1.54) is 16.7 Å². The highest BCUT2D eigenvalue weighted by molar-refractivity contribution is 8.26. The number of thioether (sulfide) groups is 1. The summed E-state index contributed by atoms with van der Waals surface area (Å²) in [6.45, 7) is 0.311. The lowest BCUT2D eigenvalue weighted by Gasteiger charge is -2.15. The molecule has 1 saturated heterocycles. The molecule has 1 aliphatic rings. The molecule has 8 heteroatoms. The highest BCUT2D eigenvalue weighted by Crippen LogP contribution is 2.35. The third-order valence-electron chi connectivity index (χ3n) is 3.67. The van der Waals surface area contributed by atoms with E-state index in [0.29, 0.717) is 27.9 Å². The number of carbonyl (C=O) groups excluding carboxylic acids is 1. The van der Waals surface area contributed by atoms with Gasteiger partial charge in [0.25, 0.3) is 5.91 Å². The Morgan fingerprint density at radius 1 is 1.44 bits per heavy atom. The second-order valence-electron chi connectivity index (χ2n) is 5.65. The highest BCUT2D eigenvalue weighted by Gasteiger charge is 2.31. The predicted molar refractivity (Wildman–Crippen MR) is 104 cm³/mol. The van der Waals surface area contributed by atoms with Gasteiger partial charge in [0.15, 0.2) is 0 Å². The van der Waals surface area contributed by atoms with E-state index < -0.39 is 5.97 Å². The fourth-order valence-corrected chi connectivity index (χ4v) is 3.62. The minimum atomic E-state index is -0.883. The average Bonchev–Trinajstić information content (AvgIpc) is 2.82. The molecule has 2 rings (SSSR count). The molecule has 1 fully saturated rings. The van der Waals surface area contributed by atoms with Crippen LogP contribution in [0.1, 0.15) is 18.4 Å². The Morgan fingerprint density at radius 3 is 2.76 bits per heavy atom. The van der Waals surface area contributed by atoms with E-state index in [1.807, 2.05) is 37.2 Å². The fourth-order valence-electron chi connectivity index (χ4n) is 2.32. The molecule has 25 heavy (non-hydrogen) atoms. The number of hydrogen-bond donors (Lipinski definition) is 1. The van der Waals surface area contributed by atoms with Gasteiger partial charge >= 0.3 is 5.97 Å². The monoisotopic (exact) mass is 380 g/mol. The first-order valence-corrected chi connectivity index (χ1v) is 8.88. The maximum absolute atomic E-state index is 12.5. The van der Waals surface area contributed by atoms with Gasteiger partial charge in [0, 0.05) is 44.4 Å². The molecule has 0 bridgehead atoms. The minimum absolute atomic E-state index is 0.00985. The fraction of sp³-hybridized carbons (Fsp3) is 0.353. The van der Waals surface area contributed by atoms with Gasteiger partial charge in [-0.1, -0.05) is 24.0 Å². The molecule has 0 unspecified atom stereocenters. The zero-order valence-corrected chi connectivity index (χ0v) is 15.9. The van der Waals surface area contributed by atoms with Crippen LogP contribution in [0.25, 0.3) is 6.08 Å². The first-order valence-electron chi connectivity index (χ1n) is 7.66. The summed E-state index contributed by atoms with van der Waals surface area (Å²) in [5.74, 6) is -0.409. The number of rotatable bonds is 7. The number of nitrogens with zero attached hydrogens (tertiary/aromatic N) is 2. The Hall–Kier alpha value is -2.06. The zero-order chi connectivity index (χ0) is 18.6. The Balaban J connectivity index is 2.20. The molecule has 134 valence electrons. The molecule has 1 aromatic rings. The first-order chi connectivity index (χ1) is 11.8. The van der Waals surface area contributed by atoms with Crippen LogP contribution < -0.4 is 9.64 Å². The second-order valence-corrected chi connectivity index (χ2v) is 7.33. The Kier molecular flexibility index (Phi) is 6.44. The van der Waals surface area contributed by atoms with Gasteiger partial charge in [0.1, 0.15) is 10.1 Å². The van der Waals surface area contributed by atoms with Crippen LogP contribution in [-0.4, -0.2) is 54.0 Å². The standard InChI is InChI=1S/C17H20N2O4S2/c1-18(2)12-7-6-11(13(10-12)23-3)9-14-16(22)19(17(24)25-14)8-4-5-15(20)21/h6-7,9-10H,4-5,8H2,1-3H3,(H,20,21)/b14-9-. The number of amides is 1. The number of aliphatic carboxylic acids is 1. The molecular formula is C17H20N2O4S2. The summed E-state index contributed by atoms with van der Waals surface area (Å²) in [7, 11) is 5.47. The van der Waals surface area contributed by atoms with Crippen molar-refractivity contribution in [3.8, 4) is 5.75 Å². The molecule has 0 aliphatic carbocycles. The van der Waals surface area contributed by atoms with E-state index in [1.54, 1.807) is 13.2 Å². The summed E-state index contributed by atoms with van der Waals surface area (Å²) in [5, 5.41) is 8.71. The third-order valence-corrected chi connectivity index (χ3v) is 5.04. The molecule has 1 N–H and O–H groups in total. The molecule has 0 saturated carbocycles. The predicted octanol–water partition coefficient (Wildman–Crippen LogP) is 2.83. The number of methoxy groups -OCH3 is 1. The number of ether oxygens (including phenoxy) is 1. The van der Waals surface area contributed by atoms with Crippen molar-refractivity contribution < 1.29 is 19.4 Å². The molecule has 1 aliphatic heterocycles. The van der Waals surface area contributed by atoms with E-state index in [4.69, 9.17) is 22.1 Å². The molecule has 6 nitrogen and oxygen atoms in total. The van der Waals surface area contributed by atoms with Crippen molar-refractivity contribution in [2.45, 2.75) is 12.8 Å². The van der Waals surface area contributed by atoms with Crippen LogP contribution in [0.3, 0.4) is 0 Å². The average molecular weight is 380 g/mol. The van der Waals surface area contributed by atoms with E-state index in [2.05, 4.69) is 0 Å². The largest absolute Gasteiger partial charge is 0.496 e. The van der Waals surface area contributed by atoms with Crippen LogP contribution >= 0.6 is 24.0 Å². The van der Waals surface area contributed by atoms with Crippen molar-refractivity contribution in [2.24, 2.45) is 0 Å². The van der Waals surface area contributed by atoms with Crippen molar-refractivity contribution in [1.29, 1.82) is 0 Å². The highest BCUT2D eigenvalue weighted by atomic mass is 32.2. The molecule has 1 heterocycles. The van der Waals surface area contributed by atoms with E-state index >= 15 is 0 Å². The van der Waals surface area contributed by atoms with Gasteiger partial charge in [-0.15, -0.1) is 0 Å². The molecular weight excluding hydrogens is 360 g/mol. The smallest absolute Gasteiger partial charge is 0.303 e. The lowest BCUT2D eigenvalue weighted by atomic mass is 10.1. The molecule has 0 aromatic heterocycles. The van der Waals surface area contributed by atoms with Crippen molar-refractivity contribution in [3.63, 3.8) is 0 Å². The molecule has 1 aromatic carbocycles. The third kappa shape index (κ3) is 4.73. The van der Waals surface area contributed by atoms with Crippen molar-refractivity contribution in [3.05, 3.63) is 28.7 Å². The Morgan fingerprint density at radius 2 is 2.16 bits per heavy atom. The zero-order valence-electron chi connectivity index (χ0n) is 14.3. The lowest BCUT2D eigenvalue weighted by molar-refractivity contribution is -0.137. The maximum Gasteiger partial charge on any atom is 0.303 e. The number of thiocarbonyl (C=S) groups is 1. The molecule has 0 atom stereocenters. The summed E-state index contributed by atoms with van der Waals surface area (Å²) in [6.07, 6.45) is 2.14. The summed E-state index contributed by atoms with van der Waals surface area (Å²) >= 11 is 6.47. The van der Waals surface area contributed by atoms with Crippen molar-refractivity contribution in [2.75, 3.05) is 32.6 Å². The number of carboxylic acids is 1. The molecule has 0 radical (unpaired) electrons. The summed E-state index contributed by atoms with van der Waals surface area (Å²) < 4.78 is 5.87. The van der Waals surface area contributed by atoms with Gasteiger partial charge < -0.3 is 14.7 Å². The number of carboxylic acid groups (broad SMARTS) is 1. The summed E-state index contributed by atoms with van der Waals surface area (Å²) in [6, 6.07) is 5.74. The van der Waals surface area contributed by atoms with Crippen LogP contribution in [0.2, 0.25) is 0 Å². The molecule has 1 amide bonds. The van der Waals surface area contributed by atoms with Crippen LogP contribution in [0.4, 0.5) is 5.69 Å². The second kappa shape index (κ2) is 8.35. The number of hydrogen-bond acceptors (Lipinski definition) is 6. The van der Waals surface area contributed by atoms with Gasteiger partial charge in [-0.25, -0.2) is 0 Å². The quantitative estimate of drug-likeness (QED) is 0.576. The number of carbonyl (C=O) groups is 2. The SMILES string of the molecule is COc1cc(N(C)C)ccc1/C=C1\SC(=S)N(CCCC(=O)O)C1=O. The Bertz CT molecular complexity index is 731. The van der Waals surface area contributed by atoms with Gasteiger partial charge in [-0.05, 0) is 24.6 Å². The normalized spacial score (nSPS) is 15.8.